The lowest BCUT2D eigenvalue weighted by atomic mass is 9.98. The Bertz CT molecular complexity index is 864. The maximum absolute atomic E-state index is 12.4. The van der Waals surface area contributed by atoms with Gasteiger partial charge in [0.1, 0.15) is 12.6 Å². The Balaban J connectivity index is 1.74. The van der Waals surface area contributed by atoms with Crippen molar-refractivity contribution in [2.24, 2.45) is 0 Å². The Labute approximate surface area is 162 Å². The summed E-state index contributed by atoms with van der Waals surface area (Å²) in [5.41, 5.74) is 4.32. The molecule has 7 nitrogen and oxygen atoms in total. The van der Waals surface area contributed by atoms with E-state index in [2.05, 4.69) is 4.74 Å². The summed E-state index contributed by atoms with van der Waals surface area (Å²) in [6.07, 6.45) is -1.26. The van der Waals surface area contributed by atoms with E-state index in [9.17, 15) is 19.5 Å². The van der Waals surface area contributed by atoms with E-state index in [1.807, 2.05) is 48.5 Å². The number of ether oxygens (including phenoxy) is 2. The molecular weight excluding hydrogens is 362 g/mol. The number of carboxylic acids is 1. The molecule has 146 valence electrons. The van der Waals surface area contributed by atoms with E-state index in [-0.39, 0.29) is 12.5 Å². The number of hydrogen-bond donors (Lipinski definition) is 1. The number of esters is 1. The molecule has 0 saturated heterocycles. The maximum Gasteiger partial charge on any atom is 0.410 e. The zero-order chi connectivity index (χ0) is 20.3. The van der Waals surface area contributed by atoms with Crippen molar-refractivity contribution >= 4 is 18.0 Å². The molecule has 0 heterocycles. The molecule has 1 aliphatic rings. The number of carboxylic acid groups (broad SMARTS) is 1. The van der Waals surface area contributed by atoms with Gasteiger partial charge in [-0.25, -0.2) is 9.59 Å². The highest BCUT2D eigenvalue weighted by Crippen LogP contribution is 2.44. The van der Waals surface area contributed by atoms with Crippen molar-refractivity contribution in [1.29, 1.82) is 0 Å². The first-order valence-corrected chi connectivity index (χ1v) is 8.81. The summed E-state index contributed by atoms with van der Waals surface area (Å²) in [6.45, 7) is 0.0712. The van der Waals surface area contributed by atoms with Crippen molar-refractivity contribution in [3.63, 3.8) is 0 Å². The van der Waals surface area contributed by atoms with Gasteiger partial charge in [0.15, 0.2) is 0 Å². The van der Waals surface area contributed by atoms with Crippen LogP contribution in [0.3, 0.4) is 0 Å². The fourth-order valence-electron chi connectivity index (χ4n) is 3.45. The number of hydrogen-bond acceptors (Lipinski definition) is 5. The minimum Gasteiger partial charge on any atom is -0.480 e. The molecule has 3 rings (SSSR count). The molecule has 0 bridgehead atoms. The molecule has 1 amide bonds. The standard InChI is InChI=1S/C21H21NO6/c1-22(18(20(24)25)11-19(23)27-2)21(26)28-12-17-15-9-5-3-7-13(15)14-8-4-6-10-16(14)17/h3-10,17-18H,11-12H2,1-2H3,(H,24,25)/t18-/m1/s1. The number of fused-ring (bicyclic) bond motifs is 3. The average molecular weight is 383 g/mol. The quantitative estimate of drug-likeness (QED) is 0.771. The van der Waals surface area contributed by atoms with Gasteiger partial charge in [-0.15, -0.1) is 0 Å². The zero-order valence-corrected chi connectivity index (χ0v) is 15.6. The van der Waals surface area contributed by atoms with Gasteiger partial charge >= 0.3 is 18.0 Å². The molecule has 0 saturated carbocycles. The number of likely N-dealkylation sites (N-methyl/N-ethyl adjacent to an activating group) is 1. The number of nitrogens with zero attached hydrogens (tertiary/aromatic N) is 1. The van der Waals surface area contributed by atoms with E-state index in [1.165, 1.54) is 7.05 Å². The molecule has 0 aromatic heterocycles. The monoisotopic (exact) mass is 383 g/mol. The predicted octanol–water partition coefficient (Wildman–Crippen LogP) is 2.88. The summed E-state index contributed by atoms with van der Waals surface area (Å²) in [6, 6.07) is 14.5. The first kappa shape index (κ1) is 19.4. The van der Waals surface area contributed by atoms with Crippen molar-refractivity contribution in [3.05, 3.63) is 59.7 Å². The maximum atomic E-state index is 12.4. The largest absolute Gasteiger partial charge is 0.480 e. The van der Waals surface area contributed by atoms with E-state index >= 15 is 0 Å². The lowest BCUT2D eigenvalue weighted by Gasteiger charge is -2.24. The van der Waals surface area contributed by atoms with E-state index in [0.717, 1.165) is 34.3 Å². The molecule has 1 aliphatic carbocycles. The van der Waals surface area contributed by atoms with E-state index < -0.39 is 30.5 Å². The third-order valence-electron chi connectivity index (χ3n) is 4.96. The van der Waals surface area contributed by atoms with Crippen LogP contribution < -0.4 is 0 Å². The molecule has 28 heavy (non-hydrogen) atoms. The summed E-state index contributed by atoms with van der Waals surface area (Å²) < 4.78 is 9.92. The van der Waals surface area contributed by atoms with Crippen molar-refractivity contribution in [1.82, 2.24) is 4.90 Å². The lowest BCUT2D eigenvalue weighted by molar-refractivity contribution is -0.150. The summed E-state index contributed by atoms with van der Waals surface area (Å²) in [4.78, 5) is 36.2. The van der Waals surface area contributed by atoms with E-state index in [4.69, 9.17) is 4.74 Å². The van der Waals surface area contributed by atoms with E-state index in [1.54, 1.807) is 0 Å². The summed E-state index contributed by atoms with van der Waals surface area (Å²) in [7, 11) is 2.45. The topological polar surface area (TPSA) is 93.1 Å². The highest BCUT2D eigenvalue weighted by molar-refractivity contribution is 5.85. The van der Waals surface area contributed by atoms with Crippen LogP contribution >= 0.6 is 0 Å². The van der Waals surface area contributed by atoms with Gasteiger partial charge in [0.25, 0.3) is 0 Å². The molecule has 0 unspecified atom stereocenters. The van der Waals surface area contributed by atoms with Gasteiger partial charge in [-0.2, -0.15) is 0 Å². The Kier molecular flexibility index (Phi) is 5.63. The van der Waals surface area contributed by atoms with Crippen LogP contribution in [0.25, 0.3) is 11.1 Å². The fraction of sp³-hybridized carbons (Fsp3) is 0.286. The van der Waals surface area contributed by atoms with Gasteiger partial charge in [0.05, 0.1) is 13.5 Å². The lowest BCUT2D eigenvalue weighted by Crippen LogP contribution is -2.44. The van der Waals surface area contributed by atoms with Crippen LogP contribution in [0.2, 0.25) is 0 Å². The highest BCUT2D eigenvalue weighted by atomic mass is 16.6. The summed E-state index contributed by atoms with van der Waals surface area (Å²) in [5, 5.41) is 9.32. The zero-order valence-electron chi connectivity index (χ0n) is 15.6. The van der Waals surface area contributed by atoms with Crippen molar-refractivity contribution in [2.75, 3.05) is 20.8 Å². The average Bonchev–Trinajstić information content (AvgIpc) is 3.03. The second-order valence-electron chi connectivity index (χ2n) is 6.55. The van der Waals surface area contributed by atoms with Crippen LogP contribution in [0.5, 0.6) is 0 Å². The van der Waals surface area contributed by atoms with Gasteiger partial charge in [-0.3, -0.25) is 9.69 Å². The molecule has 1 N–H and O–H groups in total. The predicted molar refractivity (Wildman–Crippen MR) is 101 cm³/mol. The SMILES string of the molecule is COC(=O)C[C@H](C(=O)O)N(C)C(=O)OCC1c2ccccc2-c2ccccc21. The van der Waals surface area contributed by atoms with Crippen LogP contribution in [-0.4, -0.2) is 54.8 Å². The van der Waals surface area contributed by atoms with Crippen LogP contribution in [0.4, 0.5) is 4.79 Å². The number of carbonyl (C=O) groups is 3. The third-order valence-corrected chi connectivity index (χ3v) is 4.96. The summed E-state index contributed by atoms with van der Waals surface area (Å²) in [5.74, 6) is -2.15. The molecular formula is C21H21NO6. The Hall–Kier alpha value is -3.35. The number of rotatable bonds is 6. The fourth-order valence-corrected chi connectivity index (χ4v) is 3.45. The van der Waals surface area contributed by atoms with Gasteiger partial charge in [0, 0.05) is 13.0 Å². The van der Waals surface area contributed by atoms with Gasteiger partial charge in [-0.05, 0) is 22.3 Å². The second-order valence-corrected chi connectivity index (χ2v) is 6.55. The molecule has 0 aliphatic heterocycles. The Morgan fingerprint density at radius 2 is 1.57 bits per heavy atom. The molecule has 2 aromatic rings. The number of methoxy groups -OCH3 is 1. The van der Waals surface area contributed by atoms with Gasteiger partial charge in [0.2, 0.25) is 0 Å². The molecule has 0 fully saturated rings. The number of carbonyl (C=O) groups excluding carboxylic acids is 2. The van der Waals surface area contributed by atoms with Gasteiger partial charge in [-0.1, -0.05) is 48.5 Å². The number of aliphatic carboxylic acids is 1. The van der Waals surface area contributed by atoms with Crippen LogP contribution in [-0.2, 0) is 19.1 Å². The number of amides is 1. The normalized spacial score (nSPS) is 13.2. The summed E-state index contributed by atoms with van der Waals surface area (Å²) >= 11 is 0. The number of benzene rings is 2. The first-order chi connectivity index (χ1) is 13.4. The smallest absolute Gasteiger partial charge is 0.410 e. The third kappa shape index (κ3) is 3.69. The van der Waals surface area contributed by atoms with Crippen LogP contribution in [0, 0.1) is 0 Å². The van der Waals surface area contributed by atoms with Crippen LogP contribution in [0.1, 0.15) is 23.5 Å². The molecule has 0 radical (unpaired) electrons. The van der Waals surface area contributed by atoms with Crippen LogP contribution in [0.15, 0.2) is 48.5 Å². The Morgan fingerprint density at radius 1 is 1.04 bits per heavy atom. The van der Waals surface area contributed by atoms with Crippen molar-refractivity contribution in [3.8, 4) is 11.1 Å². The molecule has 7 heteroatoms. The van der Waals surface area contributed by atoms with E-state index in [0.29, 0.717) is 0 Å². The van der Waals surface area contributed by atoms with Crippen molar-refractivity contribution in [2.45, 2.75) is 18.4 Å². The second kappa shape index (κ2) is 8.12. The molecule has 2 aromatic carbocycles. The highest BCUT2D eigenvalue weighted by Gasteiger charge is 2.33. The Morgan fingerprint density at radius 3 is 2.07 bits per heavy atom. The minimum absolute atomic E-state index is 0.0712. The van der Waals surface area contributed by atoms with Gasteiger partial charge < -0.3 is 14.6 Å². The molecule has 0 spiro atoms. The minimum atomic E-state index is -1.36. The van der Waals surface area contributed by atoms with Crippen molar-refractivity contribution < 1.29 is 29.0 Å². The molecule has 1 atom stereocenters. The first-order valence-electron chi connectivity index (χ1n) is 8.81.